The van der Waals surface area contributed by atoms with Crippen LogP contribution in [0.15, 0.2) is 24.5 Å². The first-order chi connectivity index (χ1) is 12.0. The zero-order chi connectivity index (χ0) is 17.8. The van der Waals surface area contributed by atoms with Gasteiger partial charge in [0.2, 0.25) is 11.6 Å². The van der Waals surface area contributed by atoms with Gasteiger partial charge >= 0.3 is 5.69 Å². The summed E-state index contributed by atoms with van der Waals surface area (Å²) in [4.78, 5) is 18.9. The van der Waals surface area contributed by atoms with Gasteiger partial charge < -0.3 is 15.4 Å². The quantitative estimate of drug-likeness (QED) is 0.573. The molecule has 0 saturated carbocycles. The Kier molecular flexibility index (Phi) is 5.52. The first kappa shape index (κ1) is 17.7. The molecule has 132 valence electrons. The molecule has 1 aromatic heterocycles. The molecule has 0 aliphatic carbocycles. The summed E-state index contributed by atoms with van der Waals surface area (Å²) in [6.07, 6.45) is 3.16. The third-order valence-electron chi connectivity index (χ3n) is 3.71. The fourth-order valence-corrected chi connectivity index (χ4v) is 2.85. The van der Waals surface area contributed by atoms with Gasteiger partial charge in [-0.15, -0.1) is 0 Å². The highest BCUT2D eigenvalue weighted by molar-refractivity contribution is 6.35. The molecule has 10 heteroatoms. The largest absolute Gasteiger partial charge is 0.376 e. The molecule has 1 aromatic carbocycles. The number of ether oxygens (including phenoxy) is 1. The molecule has 1 aliphatic heterocycles. The minimum atomic E-state index is -0.543. The fraction of sp³-hybridized carbons (Fsp3) is 0.333. The molecule has 25 heavy (non-hydrogen) atoms. The van der Waals surface area contributed by atoms with Gasteiger partial charge in [-0.3, -0.25) is 10.1 Å². The van der Waals surface area contributed by atoms with Crippen LogP contribution in [-0.2, 0) is 4.74 Å². The van der Waals surface area contributed by atoms with Crippen molar-refractivity contribution in [1.82, 2.24) is 9.97 Å². The number of nitro groups is 1. The molecule has 1 unspecified atom stereocenters. The van der Waals surface area contributed by atoms with E-state index >= 15 is 0 Å². The maximum absolute atomic E-state index is 11.5. The number of nitrogens with one attached hydrogen (secondary N) is 2. The second-order valence-corrected chi connectivity index (χ2v) is 6.29. The maximum atomic E-state index is 11.5. The molecule has 2 aromatic rings. The van der Waals surface area contributed by atoms with Crippen LogP contribution in [0.5, 0.6) is 0 Å². The SMILES string of the molecule is O=[N+]([O-])c1c(NCC2CCCO2)ncnc1Nc1cc(Cl)ccc1Cl. The van der Waals surface area contributed by atoms with E-state index in [2.05, 4.69) is 20.6 Å². The maximum Gasteiger partial charge on any atom is 0.353 e. The molecule has 8 nitrogen and oxygen atoms in total. The van der Waals surface area contributed by atoms with E-state index in [-0.39, 0.29) is 23.4 Å². The minimum Gasteiger partial charge on any atom is -0.376 e. The normalized spacial score (nSPS) is 16.6. The molecule has 0 bridgehead atoms. The smallest absolute Gasteiger partial charge is 0.353 e. The Balaban J connectivity index is 1.86. The van der Waals surface area contributed by atoms with Gasteiger partial charge in [0.15, 0.2) is 0 Å². The second-order valence-electron chi connectivity index (χ2n) is 5.44. The number of halogens is 2. The third kappa shape index (κ3) is 4.28. The standard InChI is InChI=1S/C15H15Cl2N5O3/c16-9-3-4-11(17)12(6-9)21-15-13(22(23)24)14(19-8-20-15)18-7-10-2-1-5-25-10/h3-4,6,8,10H,1-2,5,7H2,(H2,18,19,20,21). The van der Waals surface area contributed by atoms with Crippen LogP contribution in [0.2, 0.25) is 10.0 Å². The van der Waals surface area contributed by atoms with Gasteiger partial charge in [-0.25, -0.2) is 9.97 Å². The number of anilines is 3. The van der Waals surface area contributed by atoms with Crippen molar-refractivity contribution >= 4 is 46.2 Å². The number of hydrogen-bond donors (Lipinski definition) is 2. The second kappa shape index (κ2) is 7.81. The molecule has 3 rings (SSSR count). The fourth-order valence-electron chi connectivity index (χ4n) is 2.51. The molecule has 0 amide bonds. The summed E-state index contributed by atoms with van der Waals surface area (Å²) in [6.45, 7) is 1.15. The van der Waals surface area contributed by atoms with E-state index in [0.717, 1.165) is 12.8 Å². The molecule has 2 heterocycles. The van der Waals surface area contributed by atoms with E-state index in [0.29, 0.717) is 28.9 Å². The van der Waals surface area contributed by atoms with Gasteiger partial charge in [0.25, 0.3) is 0 Å². The van der Waals surface area contributed by atoms with Crippen LogP contribution in [-0.4, -0.2) is 34.1 Å². The van der Waals surface area contributed by atoms with Crippen molar-refractivity contribution in [3.8, 4) is 0 Å². The van der Waals surface area contributed by atoms with Crippen molar-refractivity contribution in [3.63, 3.8) is 0 Å². The Morgan fingerprint density at radius 3 is 2.84 bits per heavy atom. The topological polar surface area (TPSA) is 102 Å². The van der Waals surface area contributed by atoms with Crippen LogP contribution in [0.25, 0.3) is 0 Å². The highest BCUT2D eigenvalue weighted by atomic mass is 35.5. The lowest BCUT2D eigenvalue weighted by Crippen LogP contribution is -2.20. The summed E-state index contributed by atoms with van der Waals surface area (Å²) < 4.78 is 5.51. The summed E-state index contributed by atoms with van der Waals surface area (Å²) in [5.74, 6) is 0.148. The van der Waals surface area contributed by atoms with Crippen molar-refractivity contribution in [2.45, 2.75) is 18.9 Å². The first-order valence-corrected chi connectivity index (χ1v) is 8.37. The molecular formula is C15H15Cl2N5O3. The van der Waals surface area contributed by atoms with Crippen molar-refractivity contribution < 1.29 is 9.66 Å². The van der Waals surface area contributed by atoms with Crippen LogP contribution in [0.1, 0.15) is 12.8 Å². The summed E-state index contributed by atoms with van der Waals surface area (Å²) in [5.41, 5.74) is 0.151. The predicted molar refractivity (Wildman–Crippen MR) is 95.9 cm³/mol. The van der Waals surface area contributed by atoms with Crippen molar-refractivity contribution in [2.75, 3.05) is 23.8 Å². The minimum absolute atomic E-state index is 0.0216. The Morgan fingerprint density at radius 1 is 1.32 bits per heavy atom. The van der Waals surface area contributed by atoms with E-state index in [1.165, 1.54) is 6.33 Å². The van der Waals surface area contributed by atoms with Gasteiger partial charge in [-0.2, -0.15) is 0 Å². The van der Waals surface area contributed by atoms with E-state index in [4.69, 9.17) is 27.9 Å². The Bertz CT molecular complexity index is 784. The monoisotopic (exact) mass is 383 g/mol. The van der Waals surface area contributed by atoms with E-state index in [1.807, 2.05) is 0 Å². The Hall–Kier alpha value is -2.16. The average Bonchev–Trinajstić information content (AvgIpc) is 3.09. The van der Waals surface area contributed by atoms with Gasteiger partial charge in [0, 0.05) is 18.2 Å². The van der Waals surface area contributed by atoms with Crippen LogP contribution in [0, 0.1) is 10.1 Å². The average molecular weight is 384 g/mol. The summed E-state index contributed by atoms with van der Waals surface area (Å²) >= 11 is 12.0. The van der Waals surface area contributed by atoms with Crippen LogP contribution < -0.4 is 10.6 Å². The Morgan fingerprint density at radius 2 is 2.12 bits per heavy atom. The highest BCUT2D eigenvalue weighted by Crippen LogP contribution is 2.34. The van der Waals surface area contributed by atoms with Crippen LogP contribution >= 0.6 is 23.2 Å². The number of benzene rings is 1. The van der Waals surface area contributed by atoms with Gasteiger partial charge in [0.05, 0.1) is 21.7 Å². The van der Waals surface area contributed by atoms with Crippen molar-refractivity contribution in [1.29, 1.82) is 0 Å². The molecule has 1 atom stereocenters. The van der Waals surface area contributed by atoms with Gasteiger partial charge in [-0.1, -0.05) is 23.2 Å². The van der Waals surface area contributed by atoms with E-state index in [9.17, 15) is 10.1 Å². The number of nitrogens with zero attached hydrogens (tertiary/aromatic N) is 3. The van der Waals surface area contributed by atoms with Crippen molar-refractivity contribution in [2.24, 2.45) is 0 Å². The molecular weight excluding hydrogens is 369 g/mol. The number of aromatic nitrogens is 2. The summed E-state index contributed by atoms with van der Waals surface area (Å²) in [6, 6.07) is 4.78. The lowest BCUT2D eigenvalue weighted by atomic mass is 10.2. The van der Waals surface area contributed by atoms with Crippen molar-refractivity contribution in [3.05, 3.63) is 44.7 Å². The molecule has 1 fully saturated rings. The number of hydrogen-bond acceptors (Lipinski definition) is 7. The van der Waals surface area contributed by atoms with E-state index < -0.39 is 4.92 Å². The van der Waals surface area contributed by atoms with Gasteiger partial charge in [0.1, 0.15) is 6.33 Å². The highest BCUT2D eigenvalue weighted by Gasteiger charge is 2.25. The molecule has 1 saturated heterocycles. The number of rotatable bonds is 6. The van der Waals surface area contributed by atoms with Gasteiger partial charge in [-0.05, 0) is 31.0 Å². The third-order valence-corrected chi connectivity index (χ3v) is 4.27. The Labute approximate surface area is 153 Å². The zero-order valence-corrected chi connectivity index (χ0v) is 14.5. The van der Waals surface area contributed by atoms with Crippen LogP contribution in [0.4, 0.5) is 23.0 Å². The molecule has 1 aliphatic rings. The first-order valence-electron chi connectivity index (χ1n) is 7.61. The lowest BCUT2D eigenvalue weighted by Gasteiger charge is -2.13. The molecule has 2 N–H and O–H groups in total. The summed E-state index contributed by atoms with van der Waals surface area (Å²) in [5, 5.41) is 18.2. The van der Waals surface area contributed by atoms with E-state index in [1.54, 1.807) is 18.2 Å². The lowest BCUT2D eigenvalue weighted by molar-refractivity contribution is -0.383. The molecule has 0 radical (unpaired) electrons. The van der Waals surface area contributed by atoms with Crippen LogP contribution in [0.3, 0.4) is 0 Å². The zero-order valence-electron chi connectivity index (χ0n) is 13.0. The summed E-state index contributed by atoms with van der Waals surface area (Å²) in [7, 11) is 0. The molecule has 0 spiro atoms. The predicted octanol–water partition coefficient (Wildman–Crippen LogP) is 4.03.